The molecule has 1 aromatic heterocycles. The van der Waals surface area contributed by atoms with Gasteiger partial charge in [-0.1, -0.05) is 20.8 Å². The van der Waals surface area contributed by atoms with Gasteiger partial charge in [-0.15, -0.1) is 0 Å². The van der Waals surface area contributed by atoms with E-state index in [1.165, 1.54) is 0 Å². The molecule has 0 saturated carbocycles. The molecule has 0 atom stereocenters. The van der Waals surface area contributed by atoms with E-state index in [1.54, 1.807) is 18.3 Å². The highest BCUT2D eigenvalue weighted by Crippen LogP contribution is 2.29. The minimum atomic E-state index is -0.107. The first-order chi connectivity index (χ1) is 16.4. The summed E-state index contributed by atoms with van der Waals surface area (Å²) in [7, 11) is 4.28. The summed E-state index contributed by atoms with van der Waals surface area (Å²) < 4.78 is 6.04. The van der Waals surface area contributed by atoms with Crippen molar-refractivity contribution in [2.45, 2.75) is 52.1 Å². The summed E-state index contributed by atoms with van der Waals surface area (Å²) in [5.41, 5.74) is 7.63. The van der Waals surface area contributed by atoms with Crippen LogP contribution in [0.4, 0.5) is 16.3 Å². The Balaban J connectivity index is 0.00000158. The molecule has 2 aliphatic heterocycles. The highest BCUT2D eigenvalue weighted by Gasteiger charge is 2.35. The fourth-order valence-corrected chi connectivity index (χ4v) is 4.38. The summed E-state index contributed by atoms with van der Waals surface area (Å²) in [6, 6.07) is 10.3. The molecule has 8 nitrogen and oxygen atoms in total. The highest BCUT2D eigenvalue weighted by atomic mass is 16.5. The highest BCUT2D eigenvalue weighted by molar-refractivity contribution is 5.88. The molecule has 2 aromatic rings. The molecule has 3 heterocycles. The molecule has 1 aromatic carbocycles. The number of likely N-dealkylation sites (N-methyl/N-ethyl adjacent to an activating group) is 1. The molecule has 0 radical (unpaired) electrons. The molecule has 2 amide bonds. The van der Waals surface area contributed by atoms with Gasteiger partial charge in [0.1, 0.15) is 17.3 Å². The number of hydrogen-bond donors (Lipinski definition) is 2. The molecule has 4 rings (SSSR count). The van der Waals surface area contributed by atoms with Crippen LogP contribution in [-0.4, -0.2) is 78.1 Å². The maximum absolute atomic E-state index is 12.8. The number of carbonyl (C=O) groups is 1. The third kappa shape index (κ3) is 6.39. The zero-order chi connectivity index (χ0) is 24.7. The molecule has 0 spiro atoms. The van der Waals surface area contributed by atoms with Crippen molar-refractivity contribution in [2.24, 2.45) is 0 Å². The van der Waals surface area contributed by atoms with Gasteiger partial charge in [0.05, 0.1) is 0 Å². The molecule has 34 heavy (non-hydrogen) atoms. The Kier molecular flexibility index (Phi) is 9.12. The normalized spacial score (nSPS) is 17.1. The van der Waals surface area contributed by atoms with Crippen molar-refractivity contribution < 1.29 is 9.53 Å². The quantitative estimate of drug-likeness (QED) is 0.615. The lowest BCUT2D eigenvalue weighted by molar-refractivity contribution is 0.00755. The summed E-state index contributed by atoms with van der Waals surface area (Å²) in [4.78, 5) is 23.8. The number of likely N-dealkylation sites (tertiary alicyclic amines) is 2. The number of aryl methyl sites for hydroxylation is 1. The molecule has 0 aliphatic carbocycles. The van der Waals surface area contributed by atoms with Crippen LogP contribution >= 0.6 is 0 Å². The Hall–Kier alpha value is -2.84. The predicted molar refractivity (Wildman–Crippen MR) is 139 cm³/mol. The average molecular weight is 469 g/mol. The fourth-order valence-electron chi connectivity index (χ4n) is 4.38. The van der Waals surface area contributed by atoms with E-state index in [4.69, 9.17) is 10.5 Å². The summed E-state index contributed by atoms with van der Waals surface area (Å²) in [6.45, 7) is 9.86. The zero-order valence-corrected chi connectivity index (χ0v) is 21.3. The van der Waals surface area contributed by atoms with E-state index in [1.807, 2.05) is 36.9 Å². The van der Waals surface area contributed by atoms with Crippen LogP contribution in [0.2, 0.25) is 0 Å². The fraction of sp³-hybridized carbons (Fsp3) is 0.538. The van der Waals surface area contributed by atoms with E-state index in [0.717, 1.165) is 56.8 Å². The Bertz CT molecular complexity index is 937. The van der Waals surface area contributed by atoms with Crippen LogP contribution in [0, 0.1) is 0 Å². The zero-order valence-electron chi connectivity index (χ0n) is 21.3. The number of nitrogens with zero attached hydrogens (tertiary/aromatic N) is 4. The number of hydrogen-bond acceptors (Lipinski definition) is 6. The van der Waals surface area contributed by atoms with Gasteiger partial charge >= 0.3 is 6.03 Å². The van der Waals surface area contributed by atoms with Crippen LogP contribution in [0.15, 0.2) is 36.5 Å². The van der Waals surface area contributed by atoms with Gasteiger partial charge in [-0.2, -0.15) is 0 Å². The van der Waals surface area contributed by atoms with Crippen molar-refractivity contribution >= 4 is 17.5 Å². The standard InChI is InChI=1S/C24H34N6O2.C2H6/c1-4-17-13-18(25)5-6-22(17)32-21-7-10-26-23(14-21)27-24(31)29-11-8-19(9-12-29)30-15-20(16-30)28(2)3;1-2/h5-7,10,13-14,19-20H,4,8-9,11-12,15-16,25H2,1-3H3,(H,26,27,31);1-2H3. The maximum atomic E-state index is 12.8. The summed E-state index contributed by atoms with van der Waals surface area (Å²) >= 11 is 0. The van der Waals surface area contributed by atoms with Crippen LogP contribution in [0.5, 0.6) is 11.5 Å². The SMILES string of the molecule is CC.CCc1cc(N)ccc1Oc1ccnc(NC(=O)N2CCC(N3CC(N(C)C)C3)CC2)c1. The Morgan fingerprint density at radius 1 is 1.18 bits per heavy atom. The lowest BCUT2D eigenvalue weighted by Gasteiger charge is -2.49. The van der Waals surface area contributed by atoms with Crippen molar-refractivity contribution in [3.63, 3.8) is 0 Å². The molecule has 3 N–H and O–H groups in total. The van der Waals surface area contributed by atoms with Crippen molar-refractivity contribution in [3.05, 3.63) is 42.1 Å². The van der Waals surface area contributed by atoms with E-state index in [9.17, 15) is 4.79 Å². The third-order valence-electron chi connectivity index (χ3n) is 6.55. The van der Waals surface area contributed by atoms with Gasteiger partial charge in [0.25, 0.3) is 0 Å². The number of ether oxygens (including phenoxy) is 1. The van der Waals surface area contributed by atoms with Crippen molar-refractivity contribution in [2.75, 3.05) is 51.3 Å². The second-order valence-electron chi connectivity index (χ2n) is 8.92. The van der Waals surface area contributed by atoms with Crippen molar-refractivity contribution in [1.82, 2.24) is 19.7 Å². The van der Waals surface area contributed by atoms with Gasteiger partial charge < -0.3 is 20.3 Å². The number of rotatable bonds is 6. The summed E-state index contributed by atoms with van der Waals surface area (Å²) in [5, 5.41) is 2.93. The number of piperidine rings is 1. The van der Waals surface area contributed by atoms with Crippen LogP contribution in [-0.2, 0) is 6.42 Å². The molecule has 2 aliphatic rings. The Morgan fingerprint density at radius 2 is 1.88 bits per heavy atom. The van der Waals surface area contributed by atoms with Crippen LogP contribution in [0.25, 0.3) is 0 Å². The third-order valence-corrected chi connectivity index (χ3v) is 6.55. The molecular weight excluding hydrogens is 428 g/mol. The van der Waals surface area contributed by atoms with Crippen molar-refractivity contribution in [3.8, 4) is 11.5 Å². The minimum absolute atomic E-state index is 0.107. The van der Waals surface area contributed by atoms with E-state index < -0.39 is 0 Å². The second-order valence-corrected chi connectivity index (χ2v) is 8.92. The van der Waals surface area contributed by atoms with Gasteiger partial charge in [0, 0.05) is 56.2 Å². The number of benzene rings is 1. The number of aromatic nitrogens is 1. The Morgan fingerprint density at radius 3 is 2.53 bits per heavy atom. The number of urea groups is 1. The van der Waals surface area contributed by atoms with E-state index >= 15 is 0 Å². The van der Waals surface area contributed by atoms with Gasteiger partial charge in [-0.25, -0.2) is 9.78 Å². The predicted octanol–water partition coefficient (Wildman–Crippen LogP) is 4.29. The smallest absolute Gasteiger partial charge is 0.323 e. The van der Waals surface area contributed by atoms with Gasteiger partial charge in [0.15, 0.2) is 0 Å². The number of nitrogen functional groups attached to an aromatic ring is 1. The van der Waals surface area contributed by atoms with Crippen LogP contribution in [0.1, 0.15) is 39.2 Å². The molecule has 8 heteroatoms. The number of nitrogens with one attached hydrogen (secondary N) is 1. The van der Waals surface area contributed by atoms with E-state index in [0.29, 0.717) is 29.3 Å². The number of pyridine rings is 1. The number of nitrogens with two attached hydrogens (primary N) is 1. The molecule has 0 bridgehead atoms. The first-order valence-corrected chi connectivity index (χ1v) is 12.4. The summed E-state index contributed by atoms with van der Waals surface area (Å²) in [5.74, 6) is 1.87. The first kappa shape index (κ1) is 25.8. The van der Waals surface area contributed by atoms with Crippen LogP contribution in [0.3, 0.4) is 0 Å². The lowest BCUT2D eigenvalue weighted by Crippen LogP contribution is -2.62. The lowest BCUT2D eigenvalue weighted by atomic mass is 9.97. The molecule has 0 unspecified atom stereocenters. The van der Waals surface area contributed by atoms with Gasteiger partial charge in [-0.05, 0) is 63.2 Å². The molecule has 186 valence electrons. The number of carbonyl (C=O) groups excluding carboxylic acids is 1. The Labute approximate surface area is 204 Å². The average Bonchev–Trinajstić information content (AvgIpc) is 2.81. The van der Waals surface area contributed by atoms with Crippen molar-refractivity contribution in [1.29, 1.82) is 0 Å². The molecule has 2 saturated heterocycles. The summed E-state index contributed by atoms with van der Waals surface area (Å²) in [6.07, 6.45) is 4.49. The maximum Gasteiger partial charge on any atom is 0.323 e. The molecular formula is C26H40N6O2. The molecule has 2 fully saturated rings. The largest absolute Gasteiger partial charge is 0.457 e. The topological polar surface area (TPSA) is 87.0 Å². The van der Waals surface area contributed by atoms with E-state index in [-0.39, 0.29) is 6.03 Å². The van der Waals surface area contributed by atoms with Gasteiger partial charge in [-0.3, -0.25) is 10.2 Å². The van der Waals surface area contributed by atoms with E-state index in [2.05, 4.69) is 41.1 Å². The van der Waals surface area contributed by atoms with Gasteiger partial charge in [0.2, 0.25) is 0 Å². The number of amides is 2. The number of anilines is 2. The first-order valence-electron chi connectivity index (χ1n) is 12.4. The van der Waals surface area contributed by atoms with Crippen LogP contribution < -0.4 is 15.8 Å². The minimum Gasteiger partial charge on any atom is -0.457 e. The monoisotopic (exact) mass is 468 g/mol. The second kappa shape index (κ2) is 12.0.